The number of thiazole rings is 1. The number of para-hydroxylation sites is 1. The lowest BCUT2D eigenvalue weighted by Gasteiger charge is -2.32. The Kier molecular flexibility index (Phi) is 5.83. The van der Waals surface area contributed by atoms with E-state index in [4.69, 9.17) is 14.1 Å². The Hall–Kier alpha value is -5.28. The number of hydrogen-bond donors (Lipinski definition) is 0. The average Bonchev–Trinajstić information content (AvgIpc) is 3.64. The molecule has 2 aliphatic rings. The number of carbonyl (C=O) groups is 2. The number of nitrogens with zero attached hydrogens (tertiary/aromatic N) is 3. The highest BCUT2D eigenvalue weighted by molar-refractivity contribution is 7.22. The summed E-state index contributed by atoms with van der Waals surface area (Å²) in [6.07, 6.45) is 0. The van der Waals surface area contributed by atoms with Crippen molar-refractivity contribution in [1.29, 1.82) is 0 Å². The third-order valence-electron chi connectivity index (χ3n) is 8.94. The molecule has 2 aromatic heterocycles. The summed E-state index contributed by atoms with van der Waals surface area (Å²) >= 11 is 1.26. The van der Waals surface area contributed by atoms with Crippen molar-refractivity contribution in [3.05, 3.63) is 128 Å². The predicted octanol–water partition coefficient (Wildman–Crippen LogP) is 6.79. The molecule has 8 rings (SSSR count). The van der Waals surface area contributed by atoms with Gasteiger partial charge in [0.15, 0.2) is 16.1 Å². The van der Waals surface area contributed by atoms with Crippen LogP contribution in [0.5, 0.6) is 5.75 Å². The van der Waals surface area contributed by atoms with Crippen molar-refractivity contribution in [3.8, 4) is 5.75 Å². The lowest BCUT2D eigenvalue weighted by atomic mass is 9.84. The number of ether oxygens (including phenoxy) is 1. The molecule has 0 N–H and O–H groups in total. The number of anilines is 2. The lowest BCUT2D eigenvalue weighted by Crippen LogP contribution is -2.53. The average molecular weight is 614 g/mol. The van der Waals surface area contributed by atoms with E-state index in [1.165, 1.54) is 16.2 Å². The molecule has 1 spiro atoms. The molecule has 0 radical (unpaired) electrons. The minimum absolute atomic E-state index is 0.0179. The number of methoxy groups -OCH3 is 1. The largest absolute Gasteiger partial charge is 0.497 e. The molecule has 1 unspecified atom stereocenters. The van der Waals surface area contributed by atoms with Crippen LogP contribution in [-0.2, 0) is 16.9 Å². The van der Waals surface area contributed by atoms with Gasteiger partial charge in [0.25, 0.3) is 11.8 Å². The van der Waals surface area contributed by atoms with Crippen molar-refractivity contribution >= 4 is 55.2 Å². The molecule has 0 saturated carbocycles. The first-order valence-corrected chi connectivity index (χ1v) is 15.4. The zero-order chi connectivity index (χ0) is 31.2. The summed E-state index contributed by atoms with van der Waals surface area (Å²) in [6.45, 7) is 6.10. The molecule has 0 saturated heterocycles. The van der Waals surface area contributed by atoms with Crippen LogP contribution in [0.4, 0.5) is 10.8 Å². The first-order valence-electron chi connectivity index (χ1n) is 14.6. The van der Waals surface area contributed by atoms with Crippen LogP contribution in [0.3, 0.4) is 0 Å². The third-order valence-corrected chi connectivity index (χ3v) is 9.94. The summed E-state index contributed by atoms with van der Waals surface area (Å²) in [6, 6.07) is 24.3. The molecule has 222 valence electrons. The van der Waals surface area contributed by atoms with E-state index < -0.39 is 22.8 Å². The Bertz CT molecular complexity index is 2320. The number of aromatic nitrogens is 1. The van der Waals surface area contributed by atoms with Crippen LogP contribution in [0.15, 0.2) is 88.1 Å². The van der Waals surface area contributed by atoms with Gasteiger partial charge in [0, 0.05) is 5.56 Å². The molecule has 8 nitrogen and oxygen atoms in total. The maximum atomic E-state index is 15.2. The van der Waals surface area contributed by atoms with Crippen LogP contribution >= 0.6 is 11.3 Å². The second-order valence-electron chi connectivity index (χ2n) is 11.6. The molecule has 0 fully saturated rings. The summed E-state index contributed by atoms with van der Waals surface area (Å²) < 4.78 is 12.5. The van der Waals surface area contributed by atoms with Gasteiger partial charge in [0.05, 0.1) is 40.5 Å². The van der Waals surface area contributed by atoms with Gasteiger partial charge in [-0.25, -0.2) is 4.98 Å². The first-order chi connectivity index (χ1) is 21.7. The maximum absolute atomic E-state index is 15.2. The fraction of sp³-hybridized carbons (Fsp3) is 0.167. The number of rotatable bonds is 4. The molecular weight excluding hydrogens is 586 g/mol. The fourth-order valence-electron chi connectivity index (χ4n) is 6.68. The van der Waals surface area contributed by atoms with E-state index in [-0.39, 0.29) is 23.0 Å². The second-order valence-corrected chi connectivity index (χ2v) is 12.7. The predicted molar refractivity (Wildman–Crippen MR) is 175 cm³/mol. The van der Waals surface area contributed by atoms with E-state index >= 15 is 4.79 Å². The van der Waals surface area contributed by atoms with Gasteiger partial charge in [0.1, 0.15) is 11.3 Å². The van der Waals surface area contributed by atoms with Crippen molar-refractivity contribution in [3.63, 3.8) is 0 Å². The van der Waals surface area contributed by atoms with Crippen molar-refractivity contribution in [2.24, 2.45) is 0 Å². The topological polar surface area (TPSA) is 93.0 Å². The zero-order valence-electron chi connectivity index (χ0n) is 25.0. The van der Waals surface area contributed by atoms with Gasteiger partial charge < -0.3 is 14.1 Å². The molecule has 4 heterocycles. The van der Waals surface area contributed by atoms with Crippen molar-refractivity contribution < 1.29 is 18.7 Å². The summed E-state index contributed by atoms with van der Waals surface area (Å²) in [4.78, 5) is 52.4. The van der Waals surface area contributed by atoms with Crippen LogP contribution < -0.4 is 20.0 Å². The highest BCUT2D eigenvalue weighted by Crippen LogP contribution is 2.55. The molecule has 9 heteroatoms. The Balaban J connectivity index is 1.45. The van der Waals surface area contributed by atoms with Gasteiger partial charge in [0.2, 0.25) is 5.76 Å². The normalized spacial score (nSPS) is 17.2. The van der Waals surface area contributed by atoms with Crippen LogP contribution in [0, 0.1) is 20.8 Å². The minimum Gasteiger partial charge on any atom is -0.497 e. The number of fused-ring (bicyclic) bond motifs is 6. The van der Waals surface area contributed by atoms with Crippen LogP contribution in [0.25, 0.3) is 21.2 Å². The summed E-state index contributed by atoms with van der Waals surface area (Å²) in [5.41, 5.74) is 3.70. The third kappa shape index (κ3) is 3.70. The minimum atomic E-state index is -1.82. The zero-order valence-corrected chi connectivity index (χ0v) is 25.8. The maximum Gasteiger partial charge on any atom is 0.297 e. The molecule has 1 atom stereocenters. The number of benzene rings is 4. The Morgan fingerprint density at radius 2 is 1.71 bits per heavy atom. The molecule has 0 aliphatic carbocycles. The molecule has 6 aromatic rings. The Morgan fingerprint density at radius 3 is 2.51 bits per heavy atom. The van der Waals surface area contributed by atoms with Gasteiger partial charge in [-0.1, -0.05) is 59.4 Å². The van der Waals surface area contributed by atoms with Gasteiger partial charge in [-0.05, 0) is 73.9 Å². The van der Waals surface area contributed by atoms with E-state index in [9.17, 15) is 9.59 Å². The monoisotopic (exact) mass is 613 g/mol. The number of amides is 2. The SMILES string of the molecule is COc1ccc2nc(N3C(=O)c4oc5cc(C)c(C)cc5c(=O)c4C34C(=O)N(Cc3cccc(C)c3)c3ccccc34)sc2c1. The first kappa shape index (κ1) is 27.3. The van der Waals surface area contributed by atoms with Gasteiger partial charge in [-0.15, -0.1) is 0 Å². The Morgan fingerprint density at radius 1 is 0.911 bits per heavy atom. The molecule has 0 bridgehead atoms. The molecule has 4 aromatic carbocycles. The number of hydrogen-bond acceptors (Lipinski definition) is 7. The van der Waals surface area contributed by atoms with Crippen molar-refractivity contribution in [2.45, 2.75) is 32.9 Å². The molecule has 2 amide bonds. The van der Waals surface area contributed by atoms with Crippen LogP contribution in [0.1, 0.15) is 43.9 Å². The van der Waals surface area contributed by atoms with E-state index in [0.29, 0.717) is 33.5 Å². The molecule has 2 aliphatic heterocycles. The summed E-state index contributed by atoms with van der Waals surface area (Å²) in [5.74, 6) is -0.504. The number of aryl methyl sites for hydroxylation is 3. The lowest BCUT2D eigenvalue weighted by molar-refractivity contribution is -0.121. The number of carbonyl (C=O) groups excluding carboxylic acids is 2. The van der Waals surface area contributed by atoms with Gasteiger partial charge in [-0.2, -0.15) is 0 Å². The molecular formula is C36H27N3O5S. The second kappa shape index (κ2) is 9.61. The van der Waals surface area contributed by atoms with Crippen molar-refractivity contribution in [2.75, 3.05) is 16.9 Å². The standard InChI is InChI=1S/C36H27N3O5S/c1-19-8-7-9-22(14-19)18-38-27-11-6-5-10-25(27)36(34(38)42)30-31(40)24-15-20(2)21(3)16-28(24)44-32(30)33(41)39(36)35-37-26-13-12-23(43-4)17-29(26)45-35/h5-17H,18H2,1-4H3. The quantitative estimate of drug-likeness (QED) is 0.218. The van der Waals surface area contributed by atoms with Gasteiger partial charge >= 0.3 is 0 Å². The van der Waals surface area contributed by atoms with Crippen LogP contribution in [0.2, 0.25) is 0 Å². The van der Waals surface area contributed by atoms with E-state index in [2.05, 4.69) is 0 Å². The Labute approximate surface area is 262 Å². The van der Waals surface area contributed by atoms with E-state index in [1.807, 2.05) is 81.4 Å². The fourth-order valence-corrected chi connectivity index (χ4v) is 7.73. The highest BCUT2D eigenvalue weighted by Gasteiger charge is 2.66. The summed E-state index contributed by atoms with van der Waals surface area (Å²) in [5, 5.41) is 0.605. The smallest absolute Gasteiger partial charge is 0.297 e. The van der Waals surface area contributed by atoms with Crippen LogP contribution in [-0.4, -0.2) is 23.9 Å². The molecule has 45 heavy (non-hydrogen) atoms. The van der Waals surface area contributed by atoms with Crippen molar-refractivity contribution in [1.82, 2.24) is 4.98 Å². The van der Waals surface area contributed by atoms with E-state index in [0.717, 1.165) is 27.0 Å². The van der Waals surface area contributed by atoms with E-state index in [1.54, 1.807) is 30.2 Å². The summed E-state index contributed by atoms with van der Waals surface area (Å²) in [7, 11) is 1.58. The highest BCUT2D eigenvalue weighted by atomic mass is 32.1. The van der Waals surface area contributed by atoms with Gasteiger partial charge in [-0.3, -0.25) is 19.3 Å².